The van der Waals surface area contributed by atoms with Gasteiger partial charge in [-0.2, -0.15) is 0 Å². The Bertz CT molecular complexity index is 509. The van der Waals surface area contributed by atoms with Crippen LogP contribution in [0.5, 0.6) is 0 Å². The van der Waals surface area contributed by atoms with Gasteiger partial charge in [0.05, 0.1) is 0 Å². The van der Waals surface area contributed by atoms with Gasteiger partial charge in [-0.3, -0.25) is 4.79 Å². The molecule has 0 unspecified atom stereocenters. The monoisotopic (exact) mass is 300 g/mol. The van der Waals surface area contributed by atoms with Crippen LogP contribution in [0.4, 0.5) is 5.95 Å². The van der Waals surface area contributed by atoms with Crippen molar-refractivity contribution in [3.8, 4) is 0 Å². The van der Waals surface area contributed by atoms with E-state index in [4.69, 9.17) is 0 Å². The van der Waals surface area contributed by atoms with Gasteiger partial charge in [0, 0.05) is 37.9 Å². The molecule has 0 radical (unpaired) electrons. The molecule has 0 aromatic carbocycles. The van der Waals surface area contributed by atoms with Gasteiger partial charge in [-0.05, 0) is 44.1 Å². The molecule has 5 nitrogen and oxygen atoms in total. The first-order chi connectivity index (χ1) is 10.8. The topological polar surface area (TPSA) is 58.1 Å². The summed E-state index contributed by atoms with van der Waals surface area (Å²) < 4.78 is 0. The molecule has 1 saturated heterocycles. The molecule has 1 amide bonds. The van der Waals surface area contributed by atoms with E-state index in [0.29, 0.717) is 5.92 Å². The molecule has 1 atom stereocenters. The maximum atomic E-state index is 12.2. The van der Waals surface area contributed by atoms with Crippen molar-refractivity contribution in [2.45, 2.75) is 32.1 Å². The van der Waals surface area contributed by atoms with Crippen LogP contribution in [0.1, 0.15) is 32.1 Å². The molecular weight excluding hydrogens is 276 g/mol. The van der Waals surface area contributed by atoms with E-state index in [0.717, 1.165) is 57.7 Å². The summed E-state index contributed by atoms with van der Waals surface area (Å²) in [6.07, 6.45) is 13.0. The number of hydrogen-bond donors (Lipinski definition) is 1. The summed E-state index contributed by atoms with van der Waals surface area (Å²) in [5.74, 6) is 1.81. The Labute approximate surface area is 131 Å². The fourth-order valence-electron chi connectivity index (χ4n) is 3.21. The van der Waals surface area contributed by atoms with Crippen molar-refractivity contribution in [1.29, 1.82) is 0 Å². The lowest BCUT2D eigenvalue weighted by Crippen LogP contribution is -2.40. The molecule has 0 saturated carbocycles. The Kier molecular flexibility index (Phi) is 5.03. The summed E-state index contributed by atoms with van der Waals surface area (Å²) in [5, 5.41) is 3.15. The molecule has 1 N–H and O–H groups in total. The molecule has 0 spiro atoms. The fraction of sp³-hybridized carbons (Fsp3) is 0.588. The van der Waals surface area contributed by atoms with E-state index in [-0.39, 0.29) is 11.8 Å². The van der Waals surface area contributed by atoms with Crippen molar-refractivity contribution in [1.82, 2.24) is 15.3 Å². The zero-order valence-corrected chi connectivity index (χ0v) is 12.9. The molecule has 1 aromatic heterocycles. The lowest BCUT2D eigenvalue weighted by atomic mass is 9.92. The Balaban J connectivity index is 1.40. The predicted octanol–water partition coefficient (Wildman–Crippen LogP) is 2.17. The van der Waals surface area contributed by atoms with Crippen LogP contribution in [0.15, 0.2) is 30.6 Å². The van der Waals surface area contributed by atoms with Crippen LogP contribution in [-0.2, 0) is 4.79 Å². The first kappa shape index (κ1) is 15.0. The molecule has 118 valence electrons. The highest BCUT2D eigenvalue weighted by atomic mass is 16.1. The molecule has 2 aliphatic rings. The van der Waals surface area contributed by atoms with E-state index in [1.807, 2.05) is 6.07 Å². The number of allylic oxidation sites excluding steroid dienone is 2. The van der Waals surface area contributed by atoms with Crippen LogP contribution in [0, 0.1) is 11.8 Å². The van der Waals surface area contributed by atoms with Gasteiger partial charge in [0.2, 0.25) is 11.9 Å². The van der Waals surface area contributed by atoms with Gasteiger partial charge in [-0.15, -0.1) is 0 Å². The Morgan fingerprint density at radius 2 is 1.95 bits per heavy atom. The standard InChI is InChI=1S/C17H24N4O/c22-16(15-5-2-1-3-6-15)20-13-14-7-11-21(12-8-14)17-18-9-4-10-19-17/h1-2,4,9-10,14-15H,3,5-8,11-13H2,(H,20,22)/t15-/m1/s1. The summed E-state index contributed by atoms with van der Waals surface area (Å²) in [6, 6.07) is 1.84. The third-order valence-corrected chi connectivity index (χ3v) is 4.65. The van der Waals surface area contributed by atoms with Crippen LogP contribution in [-0.4, -0.2) is 35.5 Å². The van der Waals surface area contributed by atoms with Gasteiger partial charge >= 0.3 is 0 Å². The van der Waals surface area contributed by atoms with Crippen molar-refractivity contribution >= 4 is 11.9 Å². The van der Waals surface area contributed by atoms with Crippen LogP contribution in [0.25, 0.3) is 0 Å². The van der Waals surface area contributed by atoms with E-state index < -0.39 is 0 Å². The maximum Gasteiger partial charge on any atom is 0.225 e. The maximum absolute atomic E-state index is 12.2. The number of carbonyl (C=O) groups excluding carboxylic acids is 1. The van der Waals surface area contributed by atoms with Gasteiger partial charge in [-0.25, -0.2) is 9.97 Å². The second-order valence-electron chi connectivity index (χ2n) is 6.21. The second-order valence-corrected chi connectivity index (χ2v) is 6.21. The van der Waals surface area contributed by atoms with Crippen molar-refractivity contribution in [2.24, 2.45) is 11.8 Å². The van der Waals surface area contributed by atoms with Gasteiger partial charge in [0.25, 0.3) is 0 Å². The number of piperidine rings is 1. The summed E-state index contributed by atoms with van der Waals surface area (Å²) in [6.45, 7) is 2.75. The Morgan fingerprint density at radius 1 is 1.18 bits per heavy atom. The van der Waals surface area contributed by atoms with Gasteiger partial charge in [0.1, 0.15) is 0 Å². The van der Waals surface area contributed by atoms with Crippen LogP contribution in [0.3, 0.4) is 0 Å². The van der Waals surface area contributed by atoms with E-state index in [1.54, 1.807) is 12.4 Å². The number of aromatic nitrogens is 2. The molecule has 3 rings (SSSR count). The quantitative estimate of drug-likeness (QED) is 0.866. The van der Waals surface area contributed by atoms with Crippen molar-refractivity contribution in [3.63, 3.8) is 0 Å². The summed E-state index contributed by atoms with van der Waals surface area (Å²) in [7, 11) is 0. The minimum Gasteiger partial charge on any atom is -0.356 e. The highest BCUT2D eigenvalue weighted by Gasteiger charge is 2.23. The molecule has 0 bridgehead atoms. The zero-order chi connectivity index (χ0) is 15.2. The molecular formula is C17H24N4O. The second kappa shape index (κ2) is 7.38. The van der Waals surface area contributed by atoms with Crippen molar-refractivity contribution < 1.29 is 4.79 Å². The average Bonchev–Trinajstić information content (AvgIpc) is 2.61. The number of amides is 1. The first-order valence-electron chi connectivity index (χ1n) is 8.27. The lowest BCUT2D eigenvalue weighted by molar-refractivity contribution is -0.125. The summed E-state index contributed by atoms with van der Waals surface area (Å²) >= 11 is 0. The highest BCUT2D eigenvalue weighted by Crippen LogP contribution is 2.21. The number of rotatable bonds is 4. The van der Waals surface area contributed by atoms with E-state index in [2.05, 4.69) is 32.3 Å². The third-order valence-electron chi connectivity index (χ3n) is 4.65. The van der Waals surface area contributed by atoms with E-state index >= 15 is 0 Å². The van der Waals surface area contributed by atoms with E-state index in [9.17, 15) is 4.79 Å². The first-order valence-corrected chi connectivity index (χ1v) is 8.27. The van der Waals surface area contributed by atoms with Gasteiger partial charge < -0.3 is 10.2 Å². The highest BCUT2D eigenvalue weighted by molar-refractivity contribution is 5.78. The molecule has 1 aliphatic carbocycles. The lowest BCUT2D eigenvalue weighted by Gasteiger charge is -2.32. The average molecular weight is 300 g/mol. The number of nitrogens with zero attached hydrogens (tertiary/aromatic N) is 3. The third kappa shape index (κ3) is 3.84. The number of carbonyl (C=O) groups is 1. The van der Waals surface area contributed by atoms with Crippen molar-refractivity contribution in [2.75, 3.05) is 24.5 Å². The van der Waals surface area contributed by atoms with Gasteiger partial charge in [0.15, 0.2) is 0 Å². The predicted molar refractivity (Wildman–Crippen MR) is 86.5 cm³/mol. The van der Waals surface area contributed by atoms with E-state index in [1.165, 1.54) is 0 Å². The number of hydrogen-bond acceptors (Lipinski definition) is 4. The summed E-state index contributed by atoms with van der Waals surface area (Å²) in [4.78, 5) is 23.0. The largest absolute Gasteiger partial charge is 0.356 e. The van der Waals surface area contributed by atoms with Gasteiger partial charge in [-0.1, -0.05) is 12.2 Å². The van der Waals surface area contributed by atoms with Crippen molar-refractivity contribution in [3.05, 3.63) is 30.6 Å². The molecule has 22 heavy (non-hydrogen) atoms. The number of anilines is 1. The molecule has 1 aliphatic heterocycles. The van der Waals surface area contributed by atoms with Crippen LogP contribution >= 0.6 is 0 Å². The Morgan fingerprint density at radius 3 is 2.64 bits per heavy atom. The normalized spacial score (nSPS) is 22.5. The molecule has 2 heterocycles. The fourth-order valence-corrected chi connectivity index (χ4v) is 3.21. The molecule has 1 fully saturated rings. The molecule has 5 heteroatoms. The Hall–Kier alpha value is -1.91. The minimum absolute atomic E-state index is 0.183. The SMILES string of the molecule is O=C(NCC1CCN(c2ncccn2)CC1)[C@@H]1CC=CCC1. The molecule has 1 aromatic rings. The van der Waals surface area contributed by atoms with Crippen LogP contribution in [0.2, 0.25) is 0 Å². The summed E-state index contributed by atoms with van der Waals surface area (Å²) in [5.41, 5.74) is 0. The smallest absolute Gasteiger partial charge is 0.225 e. The zero-order valence-electron chi connectivity index (χ0n) is 12.9. The minimum atomic E-state index is 0.183. The number of nitrogens with one attached hydrogen (secondary N) is 1. The van der Waals surface area contributed by atoms with Crippen LogP contribution < -0.4 is 10.2 Å².